The van der Waals surface area contributed by atoms with Gasteiger partial charge in [0, 0.05) is 17.1 Å². The Morgan fingerprint density at radius 1 is 1.12 bits per heavy atom. The number of fused-ring (bicyclic) bond motifs is 2. The topological polar surface area (TPSA) is 21.5 Å². The molecule has 0 aromatic heterocycles. The summed E-state index contributed by atoms with van der Waals surface area (Å²) in [4.78, 5) is 13.6. The van der Waals surface area contributed by atoms with Crippen molar-refractivity contribution in [3.63, 3.8) is 0 Å². The lowest BCUT2D eigenvalue weighted by Gasteiger charge is -2.37. The number of likely N-dealkylation sites (tertiary alicyclic amines) is 1. The molecule has 1 aromatic carbocycles. The number of carbonyl (C=O) groups is 1. The van der Waals surface area contributed by atoms with Gasteiger partial charge in [-0.05, 0) is 0 Å². The van der Waals surface area contributed by atoms with Crippen molar-refractivity contribution in [1.29, 1.82) is 0 Å². The van der Waals surface area contributed by atoms with Crippen LogP contribution in [-0.2, 0) is 11.3 Å². The van der Waals surface area contributed by atoms with Crippen LogP contribution in [0.25, 0.3) is 0 Å². The molecule has 0 aliphatic carbocycles. The van der Waals surface area contributed by atoms with Gasteiger partial charge in [-0.15, -0.1) is 0 Å². The van der Waals surface area contributed by atoms with E-state index >= 15 is 0 Å². The number of nitrogens with one attached hydrogen (secondary N) is 1. The van der Waals surface area contributed by atoms with Gasteiger partial charge in [-0.1, -0.05) is 30.3 Å². The van der Waals surface area contributed by atoms with E-state index in [1.165, 1.54) is 5.56 Å². The van der Waals surface area contributed by atoms with E-state index < -0.39 is 0 Å². The van der Waals surface area contributed by atoms with E-state index in [1.807, 2.05) is 11.8 Å². The van der Waals surface area contributed by atoms with E-state index in [9.17, 15) is 4.79 Å². The molecule has 0 spiro atoms. The van der Waals surface area contributed by atoms with Crippen molar-refractivity contribution in [2.24, 2.45) is 11.8 Å². The molecule has 2 aliphatic heterocycles. The van der Waals surface area contributed by atoms with Crippen LogP contribution < -0.4 is 4.90 Å². The largest absolute Gasteiger partial charge is 0.330 e. The lowest BCUT2D eigenvalue weighted by atomic mass is 9.89. The third kappa shape index (κ3) is 2.40. The smallest absolute Gasteiger partial charge is 0.151 e. The molecule has 1 N–H and O–H groups in total. The Labute approximate surface area is 106 Å². The molecule has 2 bridgehead atoms. The van der Waals surface area contributed by atoms with Crippen LogP contribution in [0.4, 0.5) is 0 Å². The van der Waals surface area contributed by atoms with Crippen molar-refractivity contribution >= 4 is 17.5 Å². The molecule has 2 aliphatic rings. The maximum atomic E-state index is 12.0. The number of piperidine rings is 1. The molecule has 2 heterocycles. The molecule has 0 amide bonds. The van der Waals surface area contributed by atoms with E-state index in [-0.39, 0.29) is 0 Å². The molecule has 2 fully saturated rings. The summed E-state index contributed by atoms with van der Waals surface area (Å²) in [6.45, 7) is 3.15. The number of hydrogen-bond donors (Lipinski definition) is 1. The molecule has 1 unspecified atom stereocenters. The van der Waals surface area contributed by atoms with Crippen molar-refractivity contribution in [2.75, 3.05) is 24.6 Å². The Bertz CT molecular complexity index is 390. The van der Waals surface area contributed by atoms with Crippen LogP contribution in [-0.4, -0.2) is 30.4 Å². The van der Waals surface area contributed by atoms with Gasteiger partial charge in [0.15, 0.2) is 5.78 Å². The number of thioether (sulfide) groups is 1. The highest BCUT2D eigenvalue weighted by Gasteiger charge is 2.40. The molecule has 0 saturated carbocycles. The van der Waals surface area contributed by atoms with Crippen LogP contribution in [0.1, 0.15) is 5.56 Å². The van der Waals surface area contributed by atoms with Crippen LogP contribution in [0.5, 0.6) is 0 Å². The van der Waals surface area contributed by atoms with Gasteiger partial charge < -0.3 is 4.90 Å². The first kappa shape index (κ1) is 11.3. The second kappa shape index (κ2) is 4.83. The third-order valence-corrected chi connectivity index (χ3v) is 5.09. The van der Waals surface area contributed by atoms with Crippen LogP contribution in [0.15, 0.2) is 30.3 Å². The molecule has 3 heteroatoms. The zero-order valence-corrected chi connectivity index (χ0v) is 10.7. The van der Waals surface area contributed by atoms with Crippen molar-refractivity contribution in [3.8, 4) is 0 Å². The van der Waals surface area contributed by atoms with Gasteiger partial charge in [-0.2, -0.15) is 11.8 Å². The summed E-state index contributed by atoms with van der Waals surface area (Å²) in [7, 11) is 0. The zero-order valence-electron chi connectivity index (χ0n) is 9.89. The highest BCUT2D eigenvalue weighted by Crippen LogP contribution is 2.25. The quantitative estimate of drug-likeness (QED) is 0.829. The van der Waals surface area contributed by atoms with Gasteiger partial charge in [-0.3, -0.25) is 4.79 Å². The second-order valence-corrected chi connectivity index (χ2v) is 6.23. The number of hydrogen-bond acceptors (Lipinski definition) is 2. The lowest BCUT2D eigenvalue weighted by molar-refractivity contribution is -0.921. The predicted octanol–water partition coefficient (Wildman–Crippen LogP) is 0.633. The minimum Gasteiger partial charge on any atom is -0.330 e. The molecule has 2 nitrogen and oxygen atoms in total. The van der Waals surface area contributed by atoms with Crippen LogP contribution >= 0.6 is 11.8 Å². The molecule has 1 aromatic rings. The molecule has 17 heavy (non-hydrogen) atoms. The highest BCUT2D eigenvalue weighted by atomic mass is 32.2. The van der Waals surface area contributed by atoms with E-state index in [2.05, 4.69) is 30.3 Å². The molecule has 90 valence electrons. The Morgan fingerprint density at radius 2 is 1.76 bits per heavy atom. The standard InChI is InChI=1S/C14H17NOS/c16-14-12-7-15(8-13(14)10-17-9-12)6-11-4-2-1-3-5-11/h1-5,12-13H,6-10H2/p+1/t12-,13+. The molecular formula is C14H18NOS+. The SMILES string of the molecule is O=C1[C@@H]2CSC[C@H]1C[NH+](Cc1ccccc1)C2. The van der Waals surface area contributed by atoms with Crippen LogP contribution in [0.3, 0.4) is 0 Å². The fraction of sp³-hybridized carbons (Fsp3) is 0.500. The Morgan fingerprint density at radius 3 is 2.41 bits per heavy atom. The number of rotatable bonds is 2. The van der Waals surface area contributed by atoms with E-state index in [0.29, 0.717) is 17.6 Å². The van der Waals surface area contributed by atoms with E-state index in [4.69, 9.17) is 0 Å². The van der Waals surface area contributed by atoms with Gasteiger partial charge in [0.25, 0.3) is 0 Å². The minimum atomic E-state index is 0.325. The number of carbonyl (C=O) groups excluding carboxylic acids is 1. The van der Waals surface area contributed by atoms with Gasteiger partial charge in [0.2, 0.25) is 0 Å². The predicted molar refractivity (Wildman–Crippen MR) is 70.2 cm³/mol. The monoisotopic (exact) mass is 248 g/mol. The number of ketones is 1. The Hall–Kier alpha value is -0.800. The number of Topliss-reactive ketones (excluding diaryl/α,β-unsaturated/α-hetero) is 1. The Balaban J connectivity index is 1.68. The van der Waals surface area contributed by atoms with Crippen LogP contribution in [0.2, 0.25) is 0 Å². The maximum Gasteiger partial charge on any atom is 0.151 e. The van der Waals surface area contributed by atoms with Gasteiger partial charge in [-0.25, -0.2) is 0 Å². The third-order valence-electron chi connectivity index (χ3n) is 3.81. The summed E-state index contributed by atoms with van der Waals surface area (Å²) in [6.07, 6.45) is 0. The van der Waals surface area contributed by atoms with Crippen LogP contribution in [0, 0.1) is 11.8 Å². The lowest BCUT2D eigenvalue weighted by Crippen LogP contribution is -3.14. The minimum absolute atomic E-state index is 0.325. The Kier molecular flexibility index (Phi) is 3.21. The normalized spacial score (nSPS) is 32.5. The summed E-state index contributed by atoms with van der Waals surface area (Å²) < 4.78 is 0. The molecule has 3 rings (SSSR count). The van der Waals surface area contributed by atoms with Crippen molar-refractivity contribution in [1.82, 2.24) is 0 Å². The summed E-state index contributed by atoms with van der Waals surface area (Å²) in [6, 6.07) is 10.6. The van der Waals surface area contributed by atoms with E-state index in [0.717, 1.165) is 31.1 Å². The maximum absolute atomic E-state index is 12.0. The molecule has 3 atom stereocenters. The molecule has 2 saturated heterocycles. The zero-order chi connectivity index (χ0) is 11.7. The molecular weight excluding hydrogens is 230 g/mol. The summed E-state index contributed by atoms with van der Waals surface area (Å²) in [5.74, 6) is 3.29. The number of benzene rings is 1. The van der Waals surface area contributed by atoms with Gasteiger partial charge >= 0.3 is 0 Å². The summed E-state index contributed by atoms with van der Waals surface area (Å²) >= 11 is 1.96. The molecule has 0 radical (unpaired) electrons. The summed E-state index contributed by atoms with van der Waals surface area (Å²) in [5.41, 5.74) is 1.39. The van der Waals surface area contributed by atoms with Gasteiger partial charge in [0.05, 0.1) is 24.9 Å². The first-order valence-corrected chi connectivity index (χ1v) is 7.47. The van der Waals surface area contributed by atoms with Crippen molar-refractivity contribution in [2.45, 2.75) is 6.54 Å². The van der Waals surface area contributed by atoms with Crippen molar-refractivity contribution in [3.05, 3.63) is 35.9 Å². The van der Waals surface area contributed by atoms with Crippen molar-refractivity contribution < 1.29 is 9.69 Å². The first-order chi connectivity index (χ1) is 8.33. The average molecular weight is 248 g/mol. The number of quaternary nitrogens is 1. The van der Waals surface area contributed by atoms with E-state index in [1.54, 1.807) is 4.90 Å². The summed E-state index contributed by atoms with van der Waals surface area (Å²) in [5, 5.41) is 0. The fourth-order valence-corrected chi connectivity index (χ4v) is 4.25. The second-order valence-electron chi connectivity index (χ2n) is 5.15. The highest BCUT2D eigenvalue weighted by molar-refractivity contribution is 7.99. The average Bonchev–Trinajstić information content (AvgIpc) is 2.32. The fourth-order valence-electron chi connectivity index (χ4n) is 2.98. The van der Waals surface area contributed by atoms with Gasteiger partial charge in [0.1, 0.15) is 6.54 Å². The first-order valence-electron chi connectivity index (χ1n) is 6.32.